The van der Waals surface area contributed by atoms with Crippen LogP contribution in [0.5, 0.6) is 0 Å². The zero-order chi connectivity index (χ0) is 17.4. The summed E-state index contributed by atoms with van der Waals surface area (Å²) in [7, 11) is 0. The molecule has 0 aromatic heterocycles. The Morgan fingerprint density at radius 2 is 1.96 bits per heavy atom. The van der Waals surface area contributed by atoms with E-state index in [4.69, 9.17) is 5.53 Å². The van der Waals surface area contributed by atoms with Gasteiger partial charge in [0.1, 0.15) is 0 Å². The summed E-state index contributed by atoms with van der Waals surface area (Å²) < 4.78 is 0. The van der Waals surface area contributed by atoms with Crippen molar-refractivity contribution in [3.8, 4) is 0 Å². The molecular formula is C18H27N5O. The topological polar surface area (TPSA) is 72.3 Å². The second-order valence-electron chi connectivity index (χ2n) is 6.80. The largest absolute Gasteiger partial charge is 0.338 e. The molecule has 6 heteroatoms. The molecule has 1 aliphatic rings. The first-order valence-electron chi connectivity index (χ1n) is 8.66. The van der Waals surface area contributed by atoms with E-state index in [1.807, 2.05) is 23.1 Å². The number of nitrogens with zero attached hydrogens (tertiary/aromatic N) is 5. The van der Waals surface area contributed by atoms with Gasteiger partial charge in [-0.1, -0.05) is 49.3 Å². The lowest BCUT2D eigenvalue weighted by atomic mass is 10.0. The Kier molecular flexibility index (Phi) is 7.09. The summed E-state index contributed by atoms with van der Waals surface area (Å²) >= 11 is 0. The zero-order valence-corrected chi connectivity index (χ0v) is 14.6. The van der Waals surface area contributed by atoms with Crippen LogP contribution in [0.2, 0.25) is 0 Å². The van der Waals surface area contributed by atoms with Gasteiger partial charge >= 0.3 is 0 Å². The lowest BCUT2D eigenvalue weighted by Crippen LogP contribution is -2.43. The molecule has 1 fully saturated rings. The van der Waals surface area contributed by atoms with Crippen LogP contribution in [0.4, 0.5) is 0 Å². The molecule has 0 unspecified atom stereocenters. The molecule has 6 nitrogen and oxygen atoms in total. The quantitative estimate of drug-likeness (QED) is 0.436. The number of benzene rings is 1. The monoisotopic (exact) mass is 329 g/mol. The van der Waals surface area contributed by atoms with E-state index in [1.54, 1.807) is 0 Å². The number of hydrogen-bond acceptors (Lipinski definition) is 3. The van der Waals surface area contributed by atoms with E-state index in [2.05, 4.69) is 40.9 Å². The maximum Gasteiger partial charge on any atom is 0.224 e. The maximum atomic E-state index is 12.6. The first kappa shape index (κ1) is 18.3. The molecule has 1 aliphatic heterocycles. The van der Waals surface area contributed by atoms with Gasteiger partial charge in [0.15, 0.2) is 0 Å². The van der Waals surface area contributed by atoms with Crippen LogP contribution in [0.25, 0.3) is 10.4 Å². The molecule has 1 atom stereocenters. The van der Waals surface area contributed by atoms with Gasteiger partial charge in [-0.25, -0.2) is 0 Å². The normalized spacial score (nSPS) is 17.5. The van der Waals surface area contributed by atoms with Gasteiger partial charge in [0.2, 0.25) is 5.91 Å². The second-order valence-corrected chi connectivity index (χ2v) is 6.80. The average molecular weight is 329 g/mol. The van der Waals surface area contributed by atoms with Crippen LogP contribution in [0.3, 0.4) is 0 Å². The summed E-state index contributed by atoms with van der Waals surface area (Å²) in [5.41, 5.74) is 9.89. The van der Waals surface area contributed by atoms with E-state index >= 15 is 0 Å². The van der Waals surface area contributed by atoms with Gasteiger partial charge in [-0.2, -0.15) is 0 Å². The molecule has 0 radical (unpaired) electrons. The molecule has 24 heavy (non-hydrogen) atoms. The van der Waals surface area contributed by atoms with Crippen molar-refractivity contribution in [2.45, 2.75) is 39.3 Å². The first-order chi connectivity index (χ1) is 11.6. The van der Waals surface area contributed by atoms with Crippen molar-refractivity contribution in [1.82, 2.24) is 9.80 Å². The molecular weight excluding hydrogens is 302 g/mol. The predicted octanol–water partition coefficient (Wildman–Crippen LogP) is 3.45. The highest BCUT2D eigenvalue weighted by atomic mass is 16.2. The average Bonchev–Trinajstić information content (AvgIpc) is 2.74. The number of hydrogen-bond donors (Lipinski definition) is 0. The minimum absolute atomic E-state index is 0.00470. The third-order valence-corrected chi connectivity index (χ3v) is 4.41. The van der Waals surface area contributed by atoms with E-state index in [9.17, 15) is 4.79 Å². The van der Waals surface area contributed by atoms with Gasteiger partial charge < -0.3 is 4.90 Å². The van der Waals surface area contributed by atoms with Gasteiger partial charge in [-0.05, 0) is 23.4 Å². The van der Waals surface area contributed by atoms with E-state index in [0.717, 1.165) is 26.1 Å². The smallest absolute Gasteiger partial charge is 0.224 e. The predicted molar refractivity (Wildman–Crippen MR) is 95.3 cm³/mol. The summed E-state index contributed by atoms with van der Waals surface area (Å²) in [5, 5.41) is 3.73. The Labute approximate surface area is 144 Å². The number of carbonyl (C=O) groups excluding carboxylic acids is 1. The molecule has 0 bridgehead atoms. The standard InChI is InChI=1S/C18H27N5O/c1-15(2)12-17(13-20-21-19)23-11-10-22(9-8-18(23)24)14-16-6-4-3-5-7-16/h3-7,15,17H,8-14H2,1-2H3/t17-/m0/s1. The van der Waals surface area contributed by atoms with Crippen LogP contribution in [0, 0.1) is 5.92 Å². The molecule has 0 saturated carbocycles. The van der Waals surface area contributed by atoms with E-state index in [-0.39, 0.29) is 11.9 Å². The van der Waals surface area contributed by atoms with Crippen molar-refractivity contribution in [2.24, 2.45) is 11.0 Å². The molecule has 0 spiro atoms. The third-order valence-electron chi connectivity index (χ3n) is 4.41. The molecule has 130 valence electrons. The maximum absolute atomic E-state index is 12.6. The van der Waals surface area contributed by atoms with Crippen LogP contribution in [0.1, 0.15) is 32.3 Å². The summed E-state index contributed by atoms with van der Waals surface area (Å²) in [6, 6.07) is 10.3. The fourth-order valence-electron chi connectivity index (χ4n) is 3.24. The van der Waals surface area contributed by atoms with Crippen LogP contribution >= 0.6 is 0 Å². The molecule has 0 N–H and O–H groups in total. The van der Waals surface area contributed by atoms with Crippen molar-refractivity contribution in [3.05, 3.63) is 46.3 Å². The molecule has 1 heterocycles. The van der Waals surface area contributed by atoms with E-state index in [0.29, 0.717) is 25.4 Å². The fraction of sp³-hybridized carbons (Fsp3) is 0.611. The molecule has 1 aromatic carbocycles. The Bertz CT molecular complexity index is 568. The van der Waals surface area contributed by atoms with Gasteiger partial charge in [0.05, 0.1) is 0 Å². The Morgan fingerprint density at radius 1 is 1.21 bits per heavy atom. The summed E-state index contributed by atoms with van der Waals surface area (Å²) in [4.78, 5) is 19.7. The minimum Gasteiger partial charge on any atom is -0.338 e. The van der Waals surface area contributed by atoms with Crippen molar-refractivity contribution in [1.29, 1.82) is 0 Å². The van der Waals surface area contributed by atoms with Crippen molar-refractivity contribution >= 4 is 5.91 Å². The van der Waals surface area contributed by atoms with Crippen molar-refractivity contribution in [2.75, 3.05) is 26.2 Å². The number of carbonyl (C=O) groups is 1. The van der Waals surface area contributed by atoms with Crippen LogP contribution in [-0.4, -0.2) is 47.9 Å². The highest BCUT2D eigenvalue weighted by molar-refractivity contribution is 5.77. The zero-order valence-electron chi connectivity index (χ0n) is 14.6. The van der Waals surface area contributed by atoms with Gasteiger partial charge in [-0.3, -0.25) is 9.69 Å². The molecule has 2 rings (SSSR count). The molecule has 1 amide bonds. The van der Waals surface area contributed by atoms with E-state index < -0.39 is 0 Å². The van der Waals surface area contributed by atoms with Crippen LogP contribution < -0.4 is 0 Å². The summed E-state index contributed by atoms with van der Waals surface area (Å²) in [6.45, 7) is 7.82. The summed E-state index contributed by atoms with van der Waals surface area (Å²) in [6.07, 6.45) is 1.39. The highest BCUT2D eigenvalue weighted by Gasteiger charge is 2.27. The Morgan fingerprint density at radius 3 is 2.62 bits per heavy atom. The lowest BCUT2D eigenvalue weighted by molar-refractivity contribution is -0.132. The van der Waals surface area contributed by atoms with E-state index in [1.165, 1.54) is 5.56 Å². The number of amides is 1. The second kappa shape index (κ2) is 9.30. The number of azide groups is 1. The fourth-order valence-corrected chi connectivity index (χ4v) is 3.24. The molecule has 1 aromatic rings. The molecule has 1 saturated heterocycles. The van der Waals surface area contributed by atoms with Gasteiger partial charge in [0, 0.05) is 50.1 Å². The summed E-state index contributed by atoms with van der Waals surface area (Å²) in [5.74, 6) is 0.629. The molecule has 0 aliphatic carbocycles. The van der Waals surface area contributed by atoms with Crippen molar-refractivity contribution < 1.29 is 4.79 Å². The Balaban J connectivity index is 2.01. The van der Waals surface area contributed by atoms with Gasteiger partial charge in [0.25, 0.3) is 0 Å². The lowest BCUT2D eigenvalue weighted by Gasteiger charge is -2.31. The van der Waals surface area contributed by atoms with Crippen molar-refractivity contribution in [3.63, 3.8) is 0 Å². The minimum atomic E-state index is 0.00470. The van der Waals surface area contributed by atoms with Gasteiger partial charge in [-0.15, -0.1) is 0 Å². The number of rotatable bonds is 7. The Hall–Kier alpha value is -2.04. The van der Waals surface area contributed by atoms with Crippen LogP contribution in [0.15, 0.2) is 35.4 Å². The highest BCUT2D eigenvalue weighted by Crippen LogP contribution is 2.17. The first-order valence-corrected chi connectivity index (χ1v) is 8.66. The van der Waals surface area contributed by atoms with Crippen LogP contribution in [-0.2, 0) is 11.3 Å². The SMILES string of the molecule is CC(C)C[C@@H](CN=[N+]=[N-])N1CCN(Cc2ccccc2)CCC1=O. The third kappa shape index (κ3) is 5.55.